The molecule has 0 unspecified atom stereocenters. The van der Waals surface area contributed by atoms with E-state index in [2.05, 4.69) is 26.0 Å². The molecule has 1 atom stereocenters. The summed E-state index contributed by atoms with van der Waals surface area (Å²) in [7, 11) is 1.74. The molecule has 0 aliphatic heterocycles. The third kappa shape index (κ3) is 1.52. The highest BCUT2D eigenvalue weighted by molar-refractivity contribution is 5.98. The van der Waals surface area contributed by atoms with Crippen molar-refractivity contribution in [1.82, 2.24) is 0 Å². The van der Waals surface area contributed by atoms with Crippen molar-refractivity contribution in [2.24, 2.45) is 0 Å². The van der Waals surface area contributed by atoms with Crippen LogP contribution in [0.25, 0.3) is 0 Å². The number of ketones is 1. The summed E-state index contributed by atoms with van der Waals surface area (Å²) < 4.78 is 5.66. The van der Waals surface area contributed by atoms with Gasteiger partial charge >= 0.3 is 0 Å². The molecule has 0 radical (unpaired) electrons. The molecular formula is C17H20O2. The number of fused-ring (bicyclic) bond motifs is 3. The first kappa shape index (κ1) is 12.5. The van der Waals surface area contributed by atoms with Crippen LogP contribution in [0.15, 0.2) is 23.3 Å². The highest BCUT2D eigenvalue weighted by atomic mass is 16.5. The van der Waals surface area contributed by atoms with E-state index < -0.39 is 0 Å². The van der Waals surface area contributed by atoms with Crippen molar-refractivity contribution in [1.29, 1.82) is 0 Å². The van der Waals surface area contributed by atoms with Crippen LogP contribution in [0.5, 0.6) is 5.75 Å². The Morgan fingerprint density at radius 2 is 2.00 bits per heavy atom. The van der Waals surface area contributed by atoms with E-state index in [1.807, 2.05) is 6.92 Å². The standard InChI is InChI=1S/C17H20O2/c1-10-5-6-12-9-13-11(2)14(18)7-8-17(13,3)15(12)16(10)19-4/h5-6H,7-9H2,1-4H3/t17-/m0/s1. The molecule has 0 saturated heterocycles. The van der Waals surface area contributed by atoms with Crippen LogP contribution in [0, 0.1) is 6.92 Å². The molecule has 3 rings (SSSR count). The minimum absolute atomic E-state index is 0.00924. The molecule has 1 aromatic carbocycles. The number of hydrogen-bond donors (Lipinski definition) is 0. The Hall–Kier alpha value is -1.57. The fourth-order valence-electron chi connectivity index (χ4n) is 3.82. The number of methoxy groups -OCH3 is 1. The van der Waals surface area contributed by atoms with Gasteiger partial charge in [-0.2, -0.15) is 0 Å². The Balaban J connectivity index is 2.30. The third-order valence-corrected chi connectivity index (χ3v) is 4.95. The second-order valence-corrected chi connectivity index (χ2v) is 5.99. The normalized spacial score (nSPS) is 25.4. The van der Waals surface area contributed by atoms with E-state index in [9.17, 15) is 4.79 Å². The van der Waals surface area contributed by atoms with Crippen LogP contribution >= 0.6 is 0 Å². The van der Waals surface area contributed by atoms with E-state index in [1.165, 1.54) is 22.3 Å². The van der Waals surface area contributed by atoms with E-state index in [0.717, 1.165) is 24.2 Å². The maximum absolute atomic E-state index is 12.0. The van der Waals surface area contributed by atoms with E-state index in [1.54, 1.807) is 7.11 Å². The quantitative estimate of drug-likeness (QED) is 0.768. The molecule has 2 aliphatic carbocycles. The number of hydrogen-bond acceptors (Lipinski definition) is 2. The monoisotopic (exact) mass is 256 g/mol. The molecule has 100 valence electrons. The first-order valence-corrected chi connectivity index (χ1v) is 6.89. The summed E-state index contributed by atoms with van der Waals surface area (Å²) in [4.78, 5) is 12.0. The smallest absolute Gasteiger partial charge is 0.158 e. The third-order valence-electron chi connectivity index (χ3n) is 4.95. The molecule has 0 bridgehead atoms. The average molecular weight is 256 g/mol. The molecule has 2 heteroatoms. The number of Topliss-reactive ketones (excluding diaryl/α,β-unsaturated/α-hetero) is 1. The molecular weight excluding hydrogens is 236 g/mol. The molecule has 0 heterocycles. The summed E-state index contributed by atoms with van der Waals surface area (Å²) in [5.41, 5.74) is 6.10. The van der Waals surface area contributed by atoms with Gasteiger partial charge in [0.05, 0.1) is 7.11 Å². The number of allylic oxidation sites excluding steroid dienone is 2. The molecule has 2 aliphatic rings. The van der Waals surface area contributed by atoms with E-state index in [-0.39, 0.29) is 5.41 Å². The van der Waals surface area contributed by atoms with Crippen LogP contribution in [0.1, 0.15) is 43.4 Å². The number of rotatable bonds is 1. The number of benzene rings is 1. The Morgan fingerprint density at radius 3 is 2.68 bits per heavy atom. The molecule has 0 aromatic heterocycles. The molecule has 19 heavy (non-hydrogen) atoms. The molecule has 0 fully saturated rings. The lowest BCUT2D eigenvalue weighted by Crippen LogP contribution is -2.29. The van der Waals surface area contributed by atoms with E-state index in [0.29, 0.717) is 12.2 Å². The first-order valence-electron chi connectivity index (χ1n) is 6.89. The van der Waals surface area contributed by atoms with Crippen molar-refractivity contribution >= 4 is 5.78 Å². The number of carbonyl (C=O) groups excluding carboxylic acids is 1. The zero-order chi connectivity index (χ0) is 13.8. The Bertz CT molecular complexity index is 610. The van der Waals surface area contributed by atoms with Crippen LogP contribution in [-0.2, 0) is 16.6 Å². The minimum Gasteiger partial charge on any atom is -0.496 e. The van der Waals surface area contributed by atoms with Gasteiger partial charge in [-0.05, 0) is 49.0 Å². The fourth-order valence-corrected chi connectivity index (χ4v) is 3.82. The SMILES string of the molecule is COc1c(C)ccc2c1[C@@]1(C)CCC(=O)C(C)=C1C2. The van der Waals surface area contributed by atoms with Crippen LogP contribution in [0.4, 0.5) is 0 Å². The zero-order valence-electron chi connectivity index (χ0n) is 12.1. The zero-order valence-corrected chi connectivity index (χ0v) is 12.1. The van der Waals surface area contributed by atoms with E-state index in [4.69, 9.17) is 4.74 Å². The van der Waals surface area contributed by atoms with Gasteiger partial charge in [-0.15, -0.1) is 0 Å². The predicted octanol–water partition coefficient (Wildman–Crippen LogP) is 3.50. The van der Waals surface area contributed by atoms with Gasteiger partial charge in [0.2, 0.25) is 0 Å². The number of aryl methyl sites for hydroxylation is 1. The molecule has 0 spiro atoms. The molecule has 1 aromatic rings. The molecule has 0 amide bonds. The van der Waals surface area contributed by atoms with E-state index >= 15 is 0 Å². The van der Waals surface area contributed by atoms with Crippen molar-refractivity contribution in [3.8, 4) is 5.75 Å². The second kappa shape index (κ2) is 3.96. The van der Waals surface area contributed by atoms with Gasteiger partial charge in [0.15, 0.2) is 5.78 Å². The van der Waals surface area contributed by atoms with Crippen LogP contribution in [0.2, 0.25) is 0 Å². The summed E-state index contributed by atoms with van der Waals surface area (Å²) in [5.74, 6) is 1.33. The lowest BCUT2D eigenvalue weighted by atomic mass is 9.70. The van der Waals surface area contributed by atoms with Gasteiger partial charge in [0.1, 0.15) is 5.75 Å². The largest absolute Gasteiger partial charge is 0.496 e. The average Bonchev–Trinajstić information content (AvgIpc) is 2.69. The summed E-state index contributed by atoms with van der Waals surface area (Å²) in [6, 6.07) is 4.32. The van der Waals surface area contributed by atoms with Crippen LogP contribution < -0.4 is 4.74 Å². The van der Waals surface area contributed by atoms with Crippen molar-refractivity contribution in [3.63, 3.8) is 0 Å². The van der Waals surface area contributed by atoms with Crippen LogP contribution in [-0.4, -0.2) is 12.9 Å². The summed E-state index contributed by atoms with van der Waals surface area (Å²) in [5, 5.41) is 0. The van der Waals surface area contributed by atoms with Gasteiger partial charge in [0, 0.05) is 17.4 Å². The van der Waals surface area contributed by atoms with Crippen LogP contribution in [0.3, 0.4) is 0 Å². The Labute approximate surface area is 114 Å². The van der Waals surface area contributed by atoms with Crippen molar-refractivity contribution in [2.75, 3.05) is 7.11 Å². The van der Waals surface area contributed by atoms with Gasteiger partial charge in [-0.1, -0.05) is 19.1 Å². The minimum atomic E-state index is -0.00924. The van der Waals surface area contributed by atoms with Crippen molar-refractivity contribution in [3.05, 3.63) is 40.0 Å². The van der Waals surface area contributed by atoms with Gasteiger partial charge in [-0.25, -0.2) is 0 Å². The Morgan fingerprint density at radius 1 is 1.26 bits per heavy atom. The number of ether oxygens (including phenoxy) is 1. The lowest BCUT2D eigenvalue weighted by Gasteiger charge is -2.33. The molecule has 2 nitrogen and oxygen atoms in total. The summed E-state index contributed by atoms with van der Waals surface area (Å²) in [6.45, 7) is 6.34. The fraction of sp³-hybridized carbons (Fsp3) is 0.471. The highest BCUT2D eigenvalue weighted by Gasteiger charge is 2.45. The van der Waals surface area contributed by atoms with Gasteiger partial charge in [-0.3, -0.25) is 4.79 Å². The maximum Gasteiger partial charge on any atom is 0.158 e. The maximum atomic E-state index is 12.0. The number of carbonyl (C=O) groups is 1. The summed E-state index contributed by atoms with van der Waals surface area (Å²) >= 11 is 0. The molecule has 0 saturated carbocycles. The first-order chi connectivity index (χ1) is 8.99. The predicted molar refractivity (Wildman–Crippen MR) is 75.7 cm³/mol. The highest BCUT2D eigenvalue weighted by Crippen LogP contribution is 2.53. The van der Waals surface area contributed by atoms with Gasteiger partial charge < -0.3 is 4.74 Å². The lowest BCUT2D eigenvalue weighted by molar-refractivity contribution is -0.116. The Kier molecular flexibility index (Phi) is 2.60. The summed E-state index contributed by atoms with van der Waals surface area (Å²) in [6.07, 6.45) is 2.47. The van der Waals surface area contributed by atoms with Gasteiger partial charge in [0.25, 0.3) is 0 Å². The topological polar surface area (TPSA) is 26.3 Å². The second-order valence-electron chi connectivity index (χ2n) is 5.99. The van der Waals surface area contributed by atoms with Crippen molar-refractivity contribution < 1.29 is 9.53 Å². The molecule has 0 N–H and O–H groups in total. The van der Waals surface area contributed by atoms with Crippen molar-refractivity contribution in [2.45, 2.75) is 45.4 Å².